The number of benzene rings is 1. The Morgan fingerprint density at radius 3 is 2.83 bits per heavy atom. The average molecular weight is 378 g/mol. The van der Waals surface area contributed by atoms with Gasteiger partial charge in [-0.3, -0.25) is 9.78 Å². The van der Waals surface area contributed by atoms with Gasteiger partial charge in [0.15, 0.2) is 5.82 Å². The first kappa shape index (κ1) is 13.2. The zero-order valence-corrected chi connectivity index (χ0v) is 11.7. The molecule has 0 atom stereocenters. The van der Waals surface area contributed by atoms with Gasteiger partial charge in [-0.2, -0.15) is 0 Å². The molecule has 1 amide bonds. The van der Waals surface area contributed by atoms with Gasteiger partial charge >= 0.3 is 0 Å². The summed E-state index contributed by atoms with van der Waals surface area (Å²) in [5.74, 6) is -0.540. The summed E-state index contributed by atoms with van der Waals surface area (Å²) in [7, 11) is 0. The zero-order valence-electron chi connectivity index (χ0n) is 8.82. The van der Waals surface area contributed by atoms with E-state index in [2.05, 4.69) is 15.3 Å². The predicted molar refractivity (Wildman–Crippen MR) is 74.1 cm³/mol. The second-order valence-corrected chi connectivity index (χ2v) is 4.85. The largest absolute Gasteiger partial charge is 0.305 e. The number of amides is 1. The summed E-state index contributed by atoms with van der Waals surface area (Å²) in [4.78, 5) is 19.6. The van der Waals surface area contributed by atoms with Gasteiger partial charge in [0.2, 0.25) is 0 Å². The number of rotatable bonds is 2. The number of halogens is 3. The highest BCUT2D eigenvalue weighted by molar-refractivity contribution is 14.1. The Morgan fingerprint density at radius 1 is 1.39 bits per heavy atom. The zero-order chi connectivity index (χ0) is 13.1. The third-order valence-electron chi connectivity index (χ3n) is 2.02. The van der Waals surface area contributed by atoms with Crippen molar-refractivity contribution >= 4 is 45.9 Å². The van der Waals surface area contributed by atoms with Gasteiger partial charge in [0.05, 0.1) is 18.0 Å². The predicted octanol–water partition coefficient (Wildman–Crippen LogP) is 3.13. The minimum Gasteiger partial charge on any atom is -0.305 e. The van der Waals surface area contributed by atoms with E-state index >= 15 is 0 Å². The molecule has 0 radical (unpaired) electrons. The van der Waals surface area contributed by atoms with Gasteiger partial charge in [0.1, 0.15) is 11.0 Å². The summed E-state index contributed by atoms with van der Waals surface area (Å²) in [6.45, 7) is 0. The molecule has 7 heteroatoms. The lowest BCUT2D eigenvalue weighted by molar-refractivity contribution is 0.102. The van der Waals surface area contributed by atoms with Crippen LogP contribution in [-0.2, 0) is 0 Å². The lowest BCUT2D eigenvalue weighted by Gasteiger charge is -2.06. The molecular weight excluding hydrogens is 371 g/mol. The van der Waals surface area contributed by atoms with Crippen LogP contribution in [0.5, 0.6) is 0 Å². The summed E-state index contributed by atoms with van der Waals surface area (Å²) in [6, 6.07) is 3.91. The summed E-state index contributed by atoms with van der Waals surface area (Å²) < 4.78 is 13.4. The normalized spacial score (nSPS) is 10.2. The molecule has 0 saturated carbocycles. The molecule has 92 valence electrons. The summed E-state index contributed by atoms with van der Waals surface area (Å²) in [6.07, 6.45) is 2.74. The van der Waals surface area contributed by atoms with Crippen LogP contribution in [0.25, 0.3) is 0 Å². The van der Waals surface area contributed by atoms with E-state index in [-0.39, 0.29) is 11.0 Å². The summed E-state index contributed by atoms with van der Waals surface area (Å²) in [5.41, 5.74) is 0.360. The third kappa shape index (κ3) is 3.14. The number of nitrogens with one attached hydrogen (secondary N) is 1. The van der Waals surface area contributed by atoms with Crippen LogP contribution >= 0.6 is 34.2 Å². The SMILES string of the molecule is O=C(Nc1cncc(Cl)n1)c1ccc(F)cc1I. The average Bonchev–Trinajstić information content (AvgIpc) is 2.28. The number of hydrogen-bond donors (Lipinski definition) is 1. The summed E-state index contributed by atoms with van der Waals surface area (Å²) >= 11 is 7.54. The number of carbonyl (C=O) groups excluding carboxylic acids is 1. The molecule has 0 unspecified atom stereocenters. The number of anilines is 1. The van der Waals surface area contributed by atoms with Crippen molar-refractivity contribution in [3.05, 3.63) is 50.7 Å². The van der Waals surface area contributed by atoms with E-state index in [4.69, 9.17) is 11.6 Å². The van der Waals surface area contributed by atoms with Crippen molar-refractivity contribution in [2.24, 2.45) is 0 Å². The van der Waals surface area contributed by atoms with Crippen molar-refractivity contribution in [1.29, 1.82) is 0 Å². The fraction of sp³-hybridized carbons (Fsp3) is 0. The Bertz CT molecular complexity index is 609. The first-order valence-electron chi connectivity index (χ1n) is 4.80. The van der Waals surface area contributed by atoms with Gasteiger partial charge < -0.3 is 5.32 Å². The van der Waals surface area contributed by atoms with Crippen LogP contribution in [0.2, 0.25) is 5.15 Å². The standard InChI is InChI=1S/C11H6ClFIN3O/c12-9-4-15-5-10(16-9)17-11(18)7-2-1-6(13)3-8(7)14/h1-5H,(H,16,17,18). The summed E-state index contributed by atoms with van der Waals surface area (Å²) in [5, 5.41) is 2.72. The van der Waals surface area contributed by atoms with Crippen molar-refractivity contribution in [2.45, 2.75) is 0 Å². The maximum atomic E-state index is 12.9. The first-order valence-corrected chi connectivity index (χ1v) is 6.26. The van der Waals surface area contributed by atoms with Gasteiger partial charge in [-0.05, 0) is 40.8 Å². The van der Waals surface area contributed by atoms with Crippen molar-refractivity contribution in [1.82, 2.24) is 9.97 Å². The highest BCUT2D eigenvalue weighted by Gasteiger charge is 2.11. The minimum absolute atomic E-state index is 0.182. The Hall–Kier alpha value is -1.28. The van der Waals surface area contributed by atoms with E-state index in [0.29, 0.717) is 9.13 Å². The molecule has 2 aromatic rings. The molecule has 0 fully saturated rings. The highest BCUT2D eigenvalue weighted by Crippen LogP contribution is 2.16. The van der Waals surface area contributed by atoms with Crippen molar-refractivity contribution in [3.63, 3.8) is 0 Å². The van der Waals surface area contributed by atoms with Crippen LogP contribution in [0.4, 0.5) is 10.2 Å². The van der Waals surface area contributed by atoms with Crippen LogP contribution < -0.4 is 5.32 Å². The van der Waals surface area contributed by atoms with E-state index in [0.717, 1.165) is 0 Å². The molecule has 0 saturated heterocycles. The van der Waals surface area contributed by atoms with Crippen LogP contribution in [0, 0.1) is 9.39 Å². The Morgan fingerprint density at radius 2 is 2.17 bits per heavy atom. The fourth-order valence-electron chi connectivity index (χ4n) is 1.26. The molecule has 0 aliphatic rings. The van der Waals surface area contributed by atoms with Crippen molar-refractivity contribution in [2.75, 3.05) is 5.32 Å². The number of nitrogens with zero attached hydrogens (tertiary/aromatic N) is 2. The number of carbonyl (C=O) groups is 1. The second-order valence-electron chi connectivity index (χ2n) is 3.31. The third-order valence-corrected chi connectivity index (χ3v) is 3.10. The fourth-order valence-corrected chi connectivity index (χ4v) is 2.13. The molecule has 1 N–H and O–H groups in total. The molecular formula is C11H6ClFIN3O. The van der Waals surface area contributed by atoms with Gasteiger partial charge in [0.25, 0.3) is 5.91 Å². The Kier molecular flexibility index (Phi) is 4.07. The van der Waals surface area contributed by atoms with Gasteiger partial charge in [0, 0.05) is 3.57 Å². The van der Waals surface area contributed by atoms with Gasteiger partial charge in [-0.1, -0.05) is 11.6 Å². The maximum Gasteiger partial charge on any atom is 0.257 e. The molecule has 1 aromatic carbocycles. The Balaban J connectivity index is 2.22. The lowest BCUT2D eigenvalue weighted by atomic mass is 10.2. The topological polar surface area (TPSA) is 54.9 Å². The molecule has 0 aliphatic carbocycles. The highest BCUT2D eigenvalue weighted by atomic mass is 127. The van der Waals surface area contributed by atoms with Crippen LogP contribution in [0.1, 0.15) is 10.4 Å². The van der Waals surface area contributed by atoms with E-state index in [1.807, 2.05) is 22.6 Å². The molecule has 2 rings (SSSR count). The number of aromatic nitrogens is 2. The molecule has 18 heavy (non-hydrogen) atoms. The molecule has 0 spiro atoms. The minimum atomic E-state index is -0.393. The molecule has 1 heterocycles. The Labute approximate surface area is 121 Å². The van der Waals surface area contributed by atoms with Gasteiger partial charge in [-0.25, -0.2) is 9.37 Å². The van der Waals surface area contributed by atoms with Gasteiger partial charge in [-0.15, -0.1) is 0 Å². The van der Waals surface area contributed by atoms with E-state index < -0.39 is 11.7 Å². The van der Waals surface area contributed by atoms with E-state index in [1.165, 1.54) is 30.6 Å². The quantitative estimate of drug-likeness (QED) is 0.818. The van der Waals surface area contributed by atoms with Crippen molar-refractivity contribution in [3.8, 4) is 0 Å². The maximum absolute atomic E-state index is 12.9. The second kappa shape index (κ2) is 5.57. The van der Waals surface area contributed by atoms with Crippen LogP contribution in [0.15, 0.2) is 30.6 Å². The molecule has 0 aliphatic heterocycles. The molecule has 4 nitrogen and oxygen atoms in total. The van der Waals surface area contributed by atoms with Crippen LogP contribution in [-0.4, -0.2) is 15.9 Å². The van der Waals surface area contributed by atoms with E-state index in [9.17, 15) is 9.18 Å². The van der Waals surface area contributed by atoms with Crippen LogP contribution in [0.3, 0.4) is 0 Å². The molecule has 0 bridgehead atoms. The first-order chi connectivity index (χ1) is 8.56. The van der Waals surface area contributed by atoms with Crippen molar-refractivity contribution < 1.29 is 9.18 Å². The van der Waals surface area contributed by atoms with E-state index in [1.54, 1.807) is 0 Å². The smallest absolute Gasteiger partial charge is 0.257 e. The number of hydrogen-bond acceptors (Lipinski definition) is 3. The lowest BCUT2D eigenvalue weighted by Crippen LogP contribution is -2.14. The monoisotopic (exact) mass is 377 g/mol. The molecule has 1 aromatic heterocycles.